The number of hydrogen-bond donors (Lipinski definition) is 2. The number of carboxylic acid groups (broad SMARTS) is 2. The Hall–Kier alpha value is -2.80. The first-order valence-electron chi connectivity index (χ1n) is 7.04. The van der Waals surface area contributed by atoms with E-state index in [0.717, 1.165) is 0 Å². The Balaban J connectivity index is 2.25. The molecule has 0 amide bonds. The second-order valence-electron chi connectivity index (χ2n) is 5.00. The van der Waals surface area contributed by atoms with E-state index in [1.165, 1.54) is 0 Å². The molecule has 7 nitrogen and oxygen atoms in total. The summed E-state index contributed by atoms with van der Waals surface area (Å²) < 4.78 is 0. The van der Waals surface area contributed by atoms with Gasteiger partial charge in [0.15, 0.2) is 0 Å². The maximum atomic E-state index is 11.5. The Labute approximate surface area is 133 Å². The maximum absolute atomic E-state index is 11.5. The third-order valence-electron chi connectivity index (χ3n) is 3.28. The van der Waals surface area contributed by atoms with Crippen molar-refractivity contribution in [3.05, 3.63) is 60.2 Å². The molecule has 0 unspecified atom stereocenters. The molecular weight excluding hydrogens is 298 g/mol. The van der Waals surface area contributed by atoms with E-state index in [1.54, 1.807) is 53.7 Å². The minimum absolute atomic E-state index is 0.224. The third kappa shape index (κ3) is 5.15. The first kappa shape index (κ1) is 16.6. The molecule has 1 atom stereocenters. The van der Waals surface area contributed by atoms with Crippen LogP contribution >= 0.6 is 0 Å². The van der Waals surface area contributed by atoms with Gasteiger partial charge in [-0.3, -0.25) is 24.5 Å². The molecule has 120 valence electrons. The average molecular weight is 315 g/mol. The van der Waals surface area contributed by atoms with Crippen molar-refractivity contribution < 1.29 is 19.8 Å². The number of pyridine rings is 2. The van der Waals surface area contributed by atoms with Crippen LogP contribution in [0.5, 0.6) is 0 Å². The normalized spacial score (nSPS) is 12.0. The van der Waals surface area contributed by atoms with E-state index in [-0.39, 0.29) is 13.1 Å². The molecule has 2 rings (SSSR count). The molecular formula is C16H17N3O4. The highest BCUT2D eigenvalue weighted by molar-refractivity contribution is 5.80. The molecule has 0 aliphatic carbocycles. The number of rotatable bonds is 8. The van der Waals surface area contributed by atoms with Crippen molar-refractivity contribution in [2.75, 3.05) is 0 Å². The van der Waals surface area contributed by atoms with Gasteiger partial charge in [-0.25, -0.2) is 0 Å². The van der Waals surface area contributed by atoms with Gasteiger partial charge in [0.05, 0.1) is 17.8 Å². The number of aliphatic carboxylic acids is 2. The van der Waals surface area contributed by atoms with Crippen LogP contribution in [0.25, 0.3) is 0 Å². The van der Waals surface area contributed by atoms with Crippen LogP contribution in [0.15, 0.2) is 48.8 Å². The van der Waals surface area contributed by atoms with Gasteiger partial charge in [0.1, 0.15) is 6.04 Å². The smallest absolute Gasteiger partial charge is 0.321 e. The van der Waals surface area contributed by atoms with Crippen LogP contribution in [-0.4, -0.2) is 43.1 Å². The van der Waals surface area contributed by atoms with Crippen molar-refractivity contribution in [2.45, 2.75) is 25.6 Å². The summed E-state index contributed by atoms with van der Waals surface area (Å²) in [6.45, 7) is 0.448. The summed E-state index contributed by atoms with van der Waals surface area (Å²) in [5.74, 6) is -2.34. The summed E-state index contributed by atoms with van der Waals surface area (Å²) in [4.78, 5) is 32.4. The Kier molecular flexibility index (Phi) is 5.76. The van der Waals surface area contributed by atoms with Crippen molar-refractivity contribution >= 4 is 11.9 Å². The van der Waals surface area contributed by atoms with Gasteiger partial charge in [0.2, 0.25) is 0 Å². The molecule has 0 fully saturated rings. The van der Waals surface area contributed by atoms with E-state index < -0.39 is 24.4 Å². The lowest BCUT2D eigenvalue weighted by molar-refractivity contribution is -0.150. The highest BCUT2D eigenvalue weighted by atomic mass is 16.4. The van der Waals surface area contributed by atoms with Crippen LogP contribution in [0.3, 0.4) is 0 Å². The second kappa shape index (κ2) is 8.00. The van der Waals surface area contributed by atoms with E-state index in [2.05, 4.69) is 9.97 Å². The number of aromatic nitrogens is 2. The van der Waals surface area contributed by atoms with Gasteiger partial charge >= 0.3 is 11.9 Å². The Morgan fingerprint density at radius 3 is 1.83 bits per heavy atom. The van der Waals surface area contributed by atoms with Gasteiger partial charge < -0.3 is 10.2 Å². The SMILES string of the molecule is O=C(O)C[C@@H](C(=O)O)N(Cc1ccccn1)Cc1ccccn1. The van der Waals surface area contributed by atoms with E-state index in [4.69, 9.17) is 5.11 Å². The summed E-state index contributed by atoms with van der Waals surface area (Å²) in [5, 5.41) is 18.4. The lowest BCUT2D eigenvalue weighted by atomic mass is 10.1. The molecule has 2 aromatic heterocycles. The molecule has 0 saturated carbocycles. The van der Waals surface area contributed by atoms with E-state index >= 15 is 0 Å². The fraction of sp³-hybridized carbons (Fsp3) is 0.250. The fourth-order valence-corrected chi connectivity index (χ4v) is 2.21. The zero-order chi connectivity index (χ0) is 16.7. The van der Waals surface area contributed by atoms with Crippen molar-refractivity contribution in [1.82, 2.24) is 14.9 Å². The molecule has 0 aliphatic rings. The zero-order valence-electron chi connectivity index (χ0n) is 12.4. The van der Waals surface area contributed by atoms with Gasteiger partial charge in [0, 0.05) is 25.5 Å². The van der Waals surface area contributed by atoms with Crippen molar-refractivity contribution in [1.29, 1.82) is 0 Å². The molecule has 0 aliphatic heterocycles. The van der Waals surface area contributed by atoms with Crippen molar-refractivity contribution in [2.24, 2.45) is 0 Å². The van der Waals surface area contributed by atoms with Gasteiger partial charge in [-0.2, -0.15) is 0 Å². The first-order valence-corrected chi connectivity index (χ1v) is 7.04. The van der Waals surface area contributed by atoms with E-state index in [9.17, 15) is 14.7 Å². The molecule has 23 heavy (non-hydrogen) atoms. The number of nitrogens with zero attached hydrogens (tertiary/aromatic N) is 3. The monoisotopic (exact) mass is 315 g/mol. The minimum Gasteiger partial charge on any atom is -0.481 e. The van der Waals surface area contributed by atoms with Crippen LogP contribution in [0.4, 0.5) is 0 Å². The summed E-state index contributed by atoms with van der Waals surface area (Å²) >= 11 is 0. The molecule has 0 aromatic carbocycles. The van der Waals surface area contributed by atoms with Crippen LogP contribution in [-0.2, 0) is 22.7 Å². The summed E-state index contributed by atoms with van der Waals surface area (Å²) in [7, 11) is 0. The first-order chi connectivity index (χ1) is 11.1. The molecule has 2 aromatic rings. The number of hydrogen-bond acceptors (Lipinski definition) is 5. The van der Waals surface area contributed by atoms with Gasteiger partial charge in [-0.05, 0) is 24.3 Å². The zero-order valence-corrected chi connectivity index (χ0v) is 12.4. The largest absolute Gasteiger partial charge is 0.481 e. The lowest BCUT2D eigenvalue weighted by Gasteiger charge is -2.27. The van der Waals surface area contributed by atoms with E-state index in [1.807, 2.05) is 0 Å². The number of carboxylic acids is 2. The van der Waals surface area contributed by atoms with E-state index in [0.29, 0.717) is 11.4 Å². The molecule has 2 heterocycles. The molecule has 0 saturated heterocycles. The molecule has 0 spiro atoms. The van der Waals surface area contributed by atoms with Crippen LogP contribution in [0.2, 0.25) is 0 Å². The predicted octanol–water partition coefficient (Wildman–Crippen LogP) is 1.41. The van der Waals surface area contributed by atoms with Crippen LogP contribution in [0.1, 0.15) is 17.8 Å². The van der Waals surface area contributed by atoms with Crippen molar-refractivity contribution in [3.8, 4) is 0 Å². The Morgan fingerprint density at radius 2 is 1.48 bits per heavy atom. The predicted molar refractivity (Wildman–Crippen MR) is 81.4 cm³/mol. The lowest BCUT2D eigenvalue weighted by Crippen LogP contribution is -2.42. The number of carbonyl (C=O) groups is 2. The van der Waals surface area contributed by atoms with Crippen molar-refractivity contribution in [3.63, 3.8) is 0 Å². The Bertz CT molecular complexity index is 607. The van der Waals surface area contributed by atoms with Crippen LogP contribution in [0, 0.1) is 0 Å². The minimum atomic E-state index is -1.18. The second-order valence-corrected chi connectivity index (χ2v) is 5.00. The quantitative estimate of drug-likeness (QED) is 0.759. The third-order valence-corrected chi connectivity index (χ3v) is 3.28. The molecule has 7 heteroatoms. The van der Waals surface area contributed by atoms with Crippen LogP contribution < -0.4 is 0 Å². The highest BCUT2D eigenvalue weighted by Gasteiger charge is 2.28. The standard InChI is InChI=1S/C16H17N3O4/c20-15(21)9-14(16(22)23)19(10-12-5-1-3-7-17-12)11-13-6-2-4-8-18-13/h1-8,14H,9-11H2,(H,20,21)(H,22,23)/t14-/m0/s1. The van der Waals surface area contributed by atoms with Gasteiger partial charge in [0.25, 0.3) is 0 Å². The molecule has 0 bridgehead atoms. The Morgan fingerprint density at radius 1 is 0.957 bits per heavy atom. The average Bonchev–Trinajstić information content (AvgIpc) is 2.53. The van der Waals surface area contributed by atoms with Gasteiger partial charge in [-0.1, -0.05) is 12.1 Å². The van der Waals surface area contributed by atoms with Gasteiger partial charge in [-0.15, -0.1) is 0 Å². The molecule has 2 N–H and O–H groups in total. The molecule has 0 radical (unpaired) electrons. The fourth-order valence-electron chi connectivity index (χ4n) is 2.21. The summed E-state index contributed by atoms with van der Waals surface area (Å²) in [6.07, 6.45) is 2.73. The summed E-state index contributed by atoms with van der Waals surface area (Å²) in [5.41, 5.74) is 1.33. The highest BCUT2D eigenvalue weighted by Crippen LogP contribution is 2.14. The summed E-state index contributed by atoms with van der Waals surface area (Å²) in [6, 6.07) is 9.51. The topological polar surface area (TPSA) is 104 Å². The maximum Gasteiger partial charge on any atom is 0.321 e.